The van der Waals surface area contributed by atoms with Crippen LogP contribution in [-0.2, 0) is 0 Å². The van der Waals surface area contributed by atoms with Crippen LogP contribution >= 0.6 is 0 Å². The number of hydrogen-bond acceptors (Lipinski definition) is 0. The zero-order valence-electron chi connectivity index (χ0n) is 24.2. The van der Waals surface area contributed by atoms with Gasteiger partial charge in [-0.1, -0.05) is 158 Å². The first-order valence-electron chi connectivity index (χ1n) is 15.3. The highest BCUT2D eigenvalue weighted by Crippen LogP contribution is 2.46. The number of fused-ring (bicyclic) bond motifs is 7. The average molecular weight is 557 g/mol. The van der Waals surface area contributed by atoms with Crippen LogP contribution in [0.4, 0.5) is 0 Å². The van der Waals surface area contributed by atoms with Crippen molar-refractivity contribution in [3.63, 3.8) is 0 Å². The van der Waals surface area contributed by atoms with Gasteiger partial charge >= 0.3 is 0 Å². The highest BCUT2D eigenvalue weighted by Gasteiger charge is 2.19. The Morgan fingerprint density at radius 1 is 0.250 bits per heavy atom. The first-order chi connectivity index (χ1) is 21.8. The summed E-state index contributed by atoms with van der Waals surface area (Å²) in [6.07, 6.45) is 0. The van der Waals surface area contributed by atoms with E-state index in [2.05, 4.69) is 170 Å². The van der Waals surface area contributed by atoms with Gasteiger partial charge in [-0.25, -0.2) is 0 Å². The molecule has 9 aromatic carbocycles. The van der Waals surface area contributed by atoms with Crippen molar-refractivity contribution in [1.82, 2.24) is 0 Å². The lowest BCUT2D eigenvalue weighted by Crippen LogP contribution is -1.92. The number of hydrogen-bond donors (Lipinski definition) is 0. The Morgan fingerprint density at radius 2 is 0.773 bits per heavy atom. The molecule has 0 aliphatic heterocycles. The first-order valence-corrected chi connectivity index (χ1v) is 15.3. The summed E-state index contributed by atoms with van der Waals surface area (Å²) in [7, 11) is 0. The maximum Gasteiger partial charge on any atom is -0.00204 e. The molecule has 9 aromatic rings. The second kappa shape index (κ2) is 9.93. The van der Waals surface area contributed by atoms with Crippen LogP contribution < -0.4 is 0 Å². The molecule has 0 fully saturated rings. The predicted octanol–water partition coefficient (Wildman–Crippen LogP) is 12.5. The fourth-order valence-electron chi connectivity index (χ4n) is 7.29. The summed E-state index contributed by atoms with van der Waals surface area (Å²) in [6, 6.07) is 62.3. The summed E-state index contributed by atoms with van der Waals surface area (Å²) in [4.78, 5) is 0. The van der Waals surface area contributed by atoms with Gasteiger partial charge in [0.05, 0.1) is 0 Å². The molecule has 0 aliphatic carbocycles. The Hall–Kier alpha value is -5.72. The number of rotatable bonds is 3. The van der Waals surface area contributed by atoms with Crippen LogP contribution in [0.15, 0.2) is 170 Å². The molecule has 0 radical (unpaired) electrons. The van der Waals surface area contributed by atoms with Crippen molar-refractivity contribution in [2.75, 3.05) is 0 Å². The van der Waals surface area contributed by atoms with E-state index in [0.29, 0.717) is 0 Å². The van der Waals surface area contributed by atoms with Gasteiger partial charge in [0.1, 0.15) is 0 Å². The molecule has 0 saturated carbocycles. The summed E-state index contributed by atoms with van der Waals surface area (Å²) in [5, 5.41) is 12.8. The van der Waals surface area contributed by atoms with E-state index in [1.807, 2.05) is 0 Å². The minimum atomic E-state index is 1.23. The molecule has 0 unspecified atom stereocenters. The normalized spacial score (nSPS) is 11.6. The van der Waals surface area contributed by atoms with Crippen LogP contribution in [0, 0.1) is 0 Å². The minimum absolute atomic E-state index is 1.23. The molecule has 204 valence electrons. The second-order valence-electron chi connectivity index (χ2n) is 11.6. The van der Waals surface area contributed by atoms with Crippen LogP contribution in [0.3, 0.4) is 0 Å². The van der Waals surface area contributed by atoms with E-state index in [1.165, 1.54) is 87.2 Å². The third kappa shape index (κ3) is 3.78. The van der Waals surface area contributed by atoms with Crippen molar-refractivity contribution in [2.45, 2.75) is 0 Å². The molecule has 0 bridgehead atoms. The van der Waals surface area contributed by atoms with Crippen molar-refractivity contribution in [3.8, 4) is 33.4 Å². The van der Waals surface area contributed by atoms with E-state index in [-0.39, 0.29) is 0 Å². The molecule has 0 heterocycles. The molecule has 44 heavy (non-hydrogen) atoms. The summed E-state index contributed by atoms with van der Waals surface area (Å²) < 4.78 is 0. The zero-order chi connectivity index (χ0) is 29.0. The van der Waals surface area contributed by atoms with Gasteiger partial charge < -0.3 is 0 Å². The molecule has 0 heteroatoms. The molecular weight excluding hydrogens is 528 g/mol. The van der Waals surface area contributed by atoms with E-state index in [1.54, 1.807) is 0 Å². The Balaban J connectivity index is 1.46. The van der Waals surface area contributed by atoms with E-state index >= 15 is 0 Å². The predicted molar refractivity (Wildman–Crippen MR) is 190 cm³/mol. The van der Waals surface area contributed by atoms with E-state index in [9.17, 15) is 0 Å². The molecule has 0 saturated heterocycles. The van der Waals surface area contributed by atoms with Crippen molar-refractivity contribution < 1.29 is 0 Å². The Bertz CT molecular complexity index is 2530. The minimum Gasteiger partial charge on any atom is -0.0622 e. The molecule has 0 N–H and O–H groups in total. The van der Waals surface area contributed by atoms with Crippen molar-refractivity contribution in [3.05, 3.63) is 170 Å². The summed E-state index contributed by atoms with van der Waals surface area (Å²) in [6.45, 7) is 0. The quantitative estimate of drug-likeness (QED) is 0.190. The highest BCUT2D eigenvalue weighted by atomic mass is 14.2. The lowest BCUT2D eigenvalue weighted by molar-refractivity contribution is 1.63. The van der Waals surface area contributed by atoms with Gasteiger partial charge in [-0.3, -0.25) is 0 Å². The molecular formula is C44H28. The lowest BCUT2D eigenvalue weighted by atomic mass is 9.84. The lowest BCUT2D eigenvalue weighted by Gasteiger charge is -2.19. The van der Waals surface area contributed by atoms with Crippen LogP contribution in [0.1, 0.15) is 0 Å². The van der Waals surface area contributed by atoms with Crippen molar-refractivity contribution in [1.29, 1.82) is 0 Å². The van der Waals surface area contributed by atoms with Crippen LogP contribution in [0.2, 0.25) is 0 Å². The maximum atomic E-state index is 2.45. The van der Waals surface area contributed by atoms with Gasteiger partial charge in [-0.2, -0.15) is 0 Å². The van der Waals surface area contributed by atoms with Gasteiger partial charge in [0.2, 0.25) is 0 Å². The second-order valence-corrected chi connectivity index (χ2v) is 11.6. The van der Waals surface area contributed by atoms with E-state index in [4.69, 9.17) is 0 Å². The standard InChI is InChI=1S/C44H28/c1-2-13-30(14-3-1)35-26-25-31-16-5-7-19-34(31)44(35)42-28-32-27-41(36-24-12-17-29-15-4-6-18-33(29)36)37-20-8-10-22-39(37)43(32)40-23-11-9-21-38(40)42/h1-28H. The average Bonchev–Trinajstić information content (AvgIpc) is 3.10. The largest absolute Gasteiger partial charge is 0.0622 e. The van der Waals surface area contributed by atoms with Crippen LogP contribution in [0.5, 0.6) is 0 Å². The number of benzene rings is 9. The monoisotopic (exact) mass is 556 g/mol. The van der Waals surface area contributed by atoms with Gasteiger partial charge in [0, 0.05) is 0 Å². The molecule has 0 nitrogen and oxygen atoms in total. The van der Waals surface area contributed by atoms with Gasteiger partial charge in [0.15, 0.2) is 0 Å². The molecule has 0 spiro atoms. The van der Waals surface area contributed by atoms with Crippen LogP contribution in [-0.4, -0.2) is 0 Å². The van der Waals surface area contributed by atoms with Gasteiger partial charge in [-0.05, 0) is 99.4 Å². The Morgan fingerprint density at radius 3 is 1.50 bits per heavy atom. The van der Waals surface area contributed by atoms with E-state index < -0.39 is 0 Å². The maximum absolute atomic E-state index is 2.45. The van der Waals surface area contributed by atoms with Crippen molar-refractivity contribution >= 4 is 53.9 Å². The van der Waals surface area contributed by atoms with Gasteiger partial charge in [-0.15, -0.1) is 0 Å². The molecule has 0 aromatic heterocycles. The molecule has 0 aliphatic rings. The molecule has 0 amide bonds. The SMILES string of the molecule is c1ccc(-c2ccc3ccccc3c2-c2cc3cc(-c4cccc5ccccc45)c4ccccc4c3c3ccccc23)cc1. The summed E-state index contributed by atoms with van der Waals surface area (Å²) in [5.41, 5.74) is 7.57. The summed E-state index contributed by atoms with van der Waals surface area (Å²) in [5.74, 6) is 0. The third-order valence-corrected chi connectivity index (χ3v) is 9.22. The fourth-order valence-corrected chi connectivity index (χ4v) is 7.29. The molecule has 0 atom stereocenters. The first kappa shape index (κ1) is 24.8. The van der Waals surface area contributed by atoms with Crippen molar-refractivity contribution in [2.24, 2.45) is 0 Å². The Kier molecular flexibility index (Phi) is 5.61. The summed E-state index contributed by atoms with van der Waals surface area (Å²) >= 11 is 0. The topological polar surface area (TPSA) is 0 Å². The fraction of sp³-hybridized carbons (Fsp3) is 0. The molecule has 9 rings (SSSR count). The van der Waals surface area contributed by atoms with Crippen LogP contribution in [0.25, 0.3) is 87.2 Å². The highest BCUT2D eigenvalue weighted by molar-refractivity contribution is 6.27. The Labute approximate surface area is 256 Å². The smallest absolute Gasteiger partial charge is 0.00204 e. The third-order valence-electron chi connectivity index (χ3n) is 9.22. The van der Waals surface area contributed by atoms with E-state index in [0.717, 1.165) is 0 Å². The van der Waals surface area contributed by atoms with Gasteiger partial charge in [0.25, 0.3) is 0 Å². The zero-order valence-corrected chi connectivity index (χ0v) is 24.2.